The highest BCUT2D eigenvalue weighted by molar-refractivity contribution is 5.46. The molecular weight excluding hydrogens is 267 g/mol. The highest BCUT2D eigenvalue weighted by Crippen LogP contribution is 2.11. The van der Waals surface area contributed by atoms with Crippen LogP contribution in [-0.2, 0) is 0 Å². The number of rotatable bonds is 1. The van der Waals surface area contributed by atoms with E-state index in [4.69, 9.17) is 10.00 Å². The van der Waals surface area contributed by atoms with Gasteiger partial charge in [0, 0.05) is 11.1 Å². The van der Waals surface area contributed by atoms with E-state index in [2.05, 4.69) is 17.6 Å². The molecule has 0 spiro atoms. The fourth-order valence-electron chi connectivity index (χ4n) is 1.50. The van der Waals surface area contributed by atoms with Crippen LogP contribution in [0.2, 0.25) is 0 Å². The third kappa shape index (κ3) is 4.65. The molecule has 0 saturated heterocycles. The second-order valence-electron chi connectivity index (χ2n) is 3.78. The van der Waals surface area contributed by atoms with Gasteiger partial charge in [0.1, 0.15) is 17.6 Å². The average Bonchev–Trinajstić information content (AvgIpc) is 2.55. The summed E-state index contributed by atoms with van der Waals surface area (Å²) in [4.78, 5) is 0. The van der Waals surface area contributed by atoms with Crippen LogP contribution in [0.1, 0.15) is 16.7 Å². The minimum Gasteiger partial charge on any atom is -0.497 e. The van der Waals surface area contributed by atoms with Gasteiger partial charge in [0.25, 0.3) is 0 Å². The van der Waals surface area contributed by atoms with Crippen LogP contribution < -0.4 is 10.5 Å². The highest BCUT2D eigenvalue weighted by Gasteiger charge is 2.00. The standard InChI is InChI=1S/C16H10FNO.CH5N/c1-19-15-8-5-12(6-9-15)2-3-13-4-7-14(11-18)16(17)10-13;1-2/h4-10H,1H3;2H2,1H3. The van der Waals surface area contributed by atoms with E-state index in [9.17, 15) is 4.39 Å². The molecule has 0 heterocycles. The Kier molecular flexibility index (Phi) is 6.47. The van der Waals surface area contributed by atoms with Crippen molar-refractivity contribution in [3.05, 3.63) is 65.0 Å². The molecule has 0 aromatic heterocycles. The Balaban J connectivity index is 0.00000106. The predicted octanol–water partition coefficient (Wildman–Crippen LogP) is 2.68. The van der Waals surface area contributed by atoms with Gasteiger partial charge in [-0.1, -0.05) is 11.8 Å². The van der Waals surface area contributed by atoms with E-state index in [-0.39, 0.29) is 5.56 Å². The summed E-state index contributed by atoms with van der Waals surface area (Å²) >= 11 is 0. The normalized spacial score (nSPS) is 8.52. The van der Waals surface area contributed by atoms with Crippen LogP contribution in [-0.4, -0.2) is 14.2 Å². The van der Waals surface area contributed by atoms with Gasteiger partial charge in [-0.2, -0.15) is 5.26 Å². The second-order valence-corrected chi connectivity index (χ2v) is 3.78. The molecular formula is C17H15FN2O. The minimum absolute atomic E-state index is 0.0231. The molecule has 0 radical (unpaired) electrons. The van der Waals surface area contributed by atoms with Gasteiger partial charge in [0.2, 0.25) is 0 Å². The number of ether oxygens (including phenoxy) is 1. The van der Waals surface area contributed by atoms with Crippen LogP contribution in [0.3, 0.4) is 0 Å². The molecule has 0 amide bonds. The Morgan fingerprint density at radius 1 is 1.00 bits per heavy atom. The van der Waals surface area contributed by atoms with Crippen molar-refractivity contribution in [2.24, 2.45) is 5.73 Å². The van der Waals surface area contributed by atoms with Crippen LogP contribution in [0.15, 0.2) is 42.5 Å². The minimum atomic E-state index is -0.552. The fourth-order valence-corrected chi connectivity index (χ4v) is 1.50. The molecule has 2 N–H and O–H groups in total. The van der Waals surface area contributed by atoms with Gasteiger partial charge >= 0.3 is 0 Å². The van der Waals surface area contributed by atoms with Crippen LogP contribution in [0, 0.1) is 29.0 Å². The smallest absolute Gasteiger partial charge is 0.142 e. The van der Waals surface area contributed by atoms with E-state index in [0.717, 1.165) is 11.3 Å². The van der Waals surface area contributed by atoms with Crippen molar-refractivity contribution in [2.75, 3.05) is 14.2 Å². The Morgan fingerprint density at radius 2 is 1.57 bits per heavy atom. The first-order chi connectivity index (χ1) is 10.2. The van der Waals surface area contributed by atoms with Gasteiger partial charge in [-0.25, -0.2) is 4.39 Å². The lowest BCUT2D eigenvalue weighted by Crippen LogP contribution is -1.85. The first-order valence-electron chi connectivity index (χ1n) is 6.16. The SMILES string of the molecule is CN.COc1ccc(C#Cc2ccc(C#N)c(F)c2)cc1. The fraction of sp³-hybridized carbons (Fsp3) is 0.118. The molecule has 0 unspecified atom stereocenters. The Labute approximate surface area is 123 Å². The average molecular weight is 282 g/mol. The molecule has 0 atom stereocenters. The van der Waals surface area contributed by atoms with Gasteiger partial charge in [-0.3, -0.25) is 0 Å². The lowest BCUT2D eigenvalue weighted by atomic mass is 10.1. The van der Waals surface area contributed by atoms with Crippen LogP contribution in [0.25, 0.3) is 0 Å². The summed E-state index contributed by atoms with van der Waals surface area (Å²) in [6.45, 7) is 0. The maximum absolute atomic E-state index is 13.4. The molecule has 0 aliphatic carbocycles. The van der Waals surface area contributed by atoms with Crippen molar-refractivity contribution in [3.8, 4) is 23.7 Å². The van der Waals surface area contributed by atoms with Crippen molar-refractivity contribution in [2.45, 2.75) is 0 Å². The van der Waals surface area contributed by atoms with Crippen molar-refractivity contribution in [1.82, 2.24) is 0 Å². The molecule has 0 aliphatic rings. The van der Waals surface area contributed by atoms with Crippen molar-refractivity contribution in [1.29, 1.82) is 5.26 Å². The van der Waals surface area contributed by atoms with Gasteiger partial charge in [0.05, 0.1) is 12.7 Å². The third-order valence-electron chi connectivity index (χ3n) is 2.53. The molecule has 2 aromatic carbocycles. The molecule has 3 nitrogen and oxygen atoms in total. The largest absolute Gasteiger partial charge is 0.497 e. The Hall–Kier alpha value is -2.82. The zero-order chi connectivity index (χ0) is 15.7. The van der Waals surface area contributed by atoms with E-state index in [1.807, 2.05) is 24.3 Å². The molecule has 0 saturated carbocycles. The van der Waals surface area contributed by atoms with E-state index in [0.29, 0.717) is 5.56 Å². The summed E-state index contributed by atoms with van der Waals surface area (Å²) in [5.74, 6) is 5.98. The number of nitrogens with two attached hydrogens (primary N) is 1. The molecule has 0 aliphatic heterocycles. The molecule has 4 heteroatoms. The second kappa shape index (κ2) is 8.37. The van der Waals surface area contributed by atoms with Gasteiger partial charge in [0.15, 0.2) is 0 Å². The number of hydrogen-bond donors (Lipinski definition) is 1. The van der Waals surface area contributed by atoms with Gasteiger partial charge < -0.3 is 10.5 Å². The van der Waals surface area contributed by atoms with Crippen molar-refractivity contribution in [3.63, 3.8) is 0 Å². The number of hydrogen-bond acceptors (Lipinski definition) is 3. The summed E-state index contributed by atoms with van der Waals surface area (Å²) in [6, 6.07) is 13.3. The van der Waals surface area contributed by atoms with E-state index < -0.39 is 5.82 Å². The van der Waals surface area contributed by atoms with Crippen LogP contribution in [0.5, 0.6) is 5.75 Å². The summed E-state index contributed by atoms with van der Waals surface area (Å²) in [6.07, 6.45) is 0. The summed E-state index contributed by atoms with van der Waals surface area (Å²) in [7, 11) is 3.10. The monoisotopic (exact) mass is 282 g/mol. The Morgan fingerprint density at radius 3 is 2.10 bits per heavy atom. The topological polar surface area (TPSA) is 59.0 Å². The number of nitrogens with zero attached hydrogens (tertiary/aromatic N) is 1. The lowest BCUT2D eigenvalue weighted by molar-refractivity contribution is 0.415. The van der Waals surface area contributed by atoms with E-state index >= 15 is 0 Å². The zero-order valence-electron chi connectivity index (χ0n) is 11.9. The number of halogens is 1. The lowest BCUT2D eigenvalue weighted by Gasteiger charge is -1.97. The van der Waals surface area contributed by atoms with Crippen LogP contribution >= 0.6 is 0 Å². The highest BCUT2D eigenvalue weighted by atomic mass is 19.1. The molecule has 0 fully saturated rings. The van der Waals surface area contributed by atoms with Crippen molar-refractivity contribution < 1.29 is 9.13 Å². The number of benzene rings is 2. The predicted molar refractivity (Wildman–Crippen MR) is 80.2 cm³/mol. The molecule has 2 aromatic rings. The van der Waals surface area contributed by atoms with Gasteiger partial charge in [-0.15, -0.1) is 0 Å². The molecule has 2 rings (SSSR count). The third-order valence-corrected chi connectivity index (χ3v) is 2.53. The maximum atomic E-state index is 13.4. The first kappa shape index (κ1) is 16.2. The summed E-state index contributed by atoms with van der Waals surface area (Å²) in [5.41, 5.74) is 5.87. The zero-order valence-corrected chi connectivity index (χ0v) is 11.9. The van der Waals surface area contributed by atoms with Gasteiger partial charge in [-0.05, 0) is 49.5 Å². The number of nitriles is 1. The summed E-state index contributed by atoms with van der Waals surface area (Å²) < 4.78 is 18.4. The number of methoxy groups -OCH3 is 1. The molecule has 106 valence electrons. The van der Waals surface area contributed by atoms with Crippen LogP contribution in [0.4, 0.5) is 4.39 Å². The Bertz CT molecular complexity index is 691. The van der Waals surface area contributed by atoms with E-state index in [1.54, 1.807) is 19.2 Å². The summed E-state index contributed by atoms with van der Waals surface area (Å²) in [5, 5.41) is 8.63. The first-order valence-corrected chi connectivity index (χ1v) is 6.16. The molecule has 0 bridgehead atoms. The van der Waals surface area contributed by atoms with Crippen molar-refractivity contribution >= 4 is 0 Å². The van der Waals surface area contributed by atoms with E-state index in [1.165, 1.54) is 19.2 Å². The quantitative estimate of drug-likeness (QED) is 0.818. The molecule has 21 heavy (non-hydrogen) atoms. The maximum Gasteiger partial charge on any atom is 0.142 e.